The highest BCUT2D eigenvalue weighted by atomic mass is 127. The third-order valence-electron chi connectivity index (χ3n) is 4.41. The van der Waals surface area contributed by atoms with Crippen molar-refractivity contribution in [2.75, 3.05) is 31.6 Å². The minimum Gasteiger partial charge on any atom is -0.466 e. The summed E-state index contributed by atoms with van der Waals surface area (Å²) in [5.74, 6) is 0.658. The number of nitrogens with one attached hydrogen (secondary N) is 2. The Morgan fingerprint density at radius 2 is 1.96 bits per heavy atom. The van der Waals surface area contributed by atoms with Crippen molar-refractivity contribution in [3.05, 3.63) is 29.8 Å². The molecule has 1 aromatic rings. The van der Waals surface area contributed by atoms with Crippen molar-refractivity contribution in [2.45, 2.75) is 40.2 Å². The molecule has 1 aliphatic rings. The standard InChI is InChI=1S/C20H30N4O3.HI/c1-4-21-20(24-11-9-17(10-12-24)19(26)27-5-2)22-14-16-7-6-8-18(13-16)23-15(3)25;/h6-8,13,17H,4-5,9-12,14H2,1-3H3,(H,21,22)(H,23,25);1H. The van der Waals surface area contributed by atoms with Gasteiger partial charge in [-0.2, -0.15) is 0 Å². The van der Waals surface area contributed by atoms with Gasteiger partial charge in [-0.1, -0.05) is 12.1 Å². The molecule has 7 nitrogen and oxygen atoms in total. The maximum atomic E-state index is 11.9. The Hall–Kier alpha value is -1.84. The van der Waals surface area contributed by atoms with E-state index in [9.17, 15) is 9.59 Å². The second-order valence-electron chi connectivity index (χ2n) is 6.57. The molecule has 0 aromatic heterocycles. The first-order chi connectivity index (χ1) is 13.0. The molecule has 1 heterocycles. The molecule has 8 heteroatoms. The number of likely N-dealkylation sites (tertiary alicyclic amines) is 1. The first-order valence-corrected chi connectivity index (χ1v) is 9.59. The predicted molar refractivity (Wildman–Crippen MR) is 122 cm³/mol. The molecule has 1 aliphatic heterocycles. The Bertz CT molecular complexity index is 673. The monoisotopic (exact) mass is 502 g/mol. The number of benzene rings is 1. The van der Waals surface area contributed by atoms with Crippen molar-refractivity contribution in [1.82, 2.24) is 10.2 Å². The van der Waals surface area contributed by atoms with Crippen molar-refractivity contribution in [2.24, 2.45) is 10.9 Å². The lowest BCUT2D eigenvalue weighted by atomic mass is 9.97. The minimum atomic E-state index is -0.0894. The van der Waals surface area contributed by atoms with Crippen LogP contribution < -0.4 is 10.6 Å². The molecule has 28 heavy (non-hydrogen) atoms. The lowest BCUT2D eigenvalue weighted by Crippen LogP contribution is -2.46. The highest BCUT2D eigenvalue weighted by Crippen LogP contribution is 2.19. The molecule has 0 spiro atoms. The van der Waals surface area contributed by atoms with Gasteiger partial charge in [0.15, 0.2) is 5.96 Å². The van der Waals surface area contributed by atoms with Crippen molar-refractivity contribution >= 4 is 47.5 Å². The number of esters is 1. The molecular weight excluding hydrogens is 471 g/mol. The number of ether oxygens (including phenoxy) is 1. The highest BCUT2D eigenvalue weighted by Gasteiger charge is 2.27. The maximum Gasteiger partial charge on any atom is 0.309 e. The molecule has 156 valence electrons. The molecule has 0 unspecified atom stereocenters. The molecule has 0 aliphatic carbocycles. The van der Waals surface area contributed by atoms with Crippen LogP contribution in [0.5, 0.6) is 0 Å². The van der Waals surface area contributed by atoms with Crippen molar-refractivity contribution in [3.8, 4) is 0 Å². The second-order valence-corrected chi connectivity index (χ2v) is 6.57. The second kappa shape index (κ2) is 12.6. The highest BCUT2D eigenvalue weighted by molar-refractivity contribution is 14.0. The van der Waals surface area contributed by atoms with Gasteiger partial charge in [0, 0.05) is 32.2 Å². The number of nitrogens with zero attached hydrogens (tertiary/aromatic N) is 2. The Kier molecular flexibility index (Phi) is 10.9. The zero-order valence-electron chi connectivity index (χ0n) is 16.9. The Labute approximate surface area is 184 Å². The molecule has 1 amide bonds. The van der Waals surface area contributed by atoms with Gasteiger partial charge in [-0.3, -0.25) is 9.59 Å². The molecule has 0 atom stereocenters. The van der Waals surface area contributed by atoms with Crippen LogP contribution in [0, 0.1) is 5.92 Å². The van der Waals surface area contributed by atoms with E-state index in [1.165, 1.54) is 6.92 Å². The normalized spacial score (nSPS) is 14.8. The number of anilines is 1. The van der Waals surface area contributed by atoms with Crippen LogP contribution >= 0.6 is 24.0 Å². The van der Waals surface area contributed by atoms with Crippen LogP contribution in [0.2, 0.25) is 0 Å². The summed E-state index contributed by atoms with van der Waals surface area (Å²) in [6.07, 6.45) is 1.56. The zero-order chi connectivity index (χ0) is 19.6. The van der Waals surface area contributed by atoms with Gasteiger partial charge in [0.2, 0.25) is 5.91 Å². The molecular formula is C20H31IN4O3. The van der Waals surface area contributed by atoms with Gasteiger partial charge in [0.05, 0.1) is 19.1 Å². The molecule has 0 radical (unpaired) electrons. The summed E-state index contributed by atoms with van der Waals surface area (Å²) in [5.41, 5.74) is 1.80. The van der Waals surface area contributed by atoms with Gasteiger partial charge in [-0.05, 0) is 44.4 Å². The van der Waals surface area contributed by atoms with E-state index < -0.39 is 0 Å². The minimum absolute atomic E-state index is 0. The predicted octanol–water partition coefficient (Wildman–Crippen LogP) is 3.00. The Morgan fingerprint density at radius 3 is 2.57 bits per heavy atom. The fourth-order valence-electron chi connectivity index (χ4n) is 3.13. The summed E-state index contributed by atoms with van der Waals surface area (Å²) in [4.78, 5) is 30.0. The number of aliphatic imine (C=N–C) groups is 1. The summed E-state index contributed by atoms with van der Waals surface area (Å²) in [6, 6.07) is 7.70. The molecule has 1 fully saturated rings. The molecule has 0 saturated carbocycles. The fraction of sp³-hybridized carbons (Fsp3) is 0.550. The van der Waals surface area contributed by atoms with Crippen LogP contribution in [-0.2, 0) is 20.9 Å². The number of rotatable bonds is 6. The number of hydrogen-bond donors (Lipinski definition) is 2. The first-order valence-electron chi connectivity index (χ1n) is 9.59. The topological polar surface area (TPSA) is 83.0 Å². The van der Waals surface area contributed by atoms with E-state index in [-0.39, 0.29) is 41.8 Å². The number of carbonyl (C=O) groups excluding carboxylic acids is 2. The van der Waals surface area contributed by atoms with Crippen LogP contribution in [-0.4, -0.2) is 49.0 Å². The lowest BCUT2D eigenvalue weighted by molar-refractivity contribution is -0.149. The average Bonchev–Trinajstić information content (AvgIpc) is 2.65. The van der Waals surface area contributed by atoms with Crippen LogP contribution in [0.15, 0.2) is 29.3 Å². The SMILES string of the molecule is CCNC(=NCc1cccc(NC(C)=O)c1)N1CCC(C(=O)OCC)CC1.I. The van der Waals surface area contributed by atoms with E-state index in [4.69, 9.17) is 9.73 Å². The Balaban J connectivity index is 0.00000392. The van der Waals surface area contributed by atoms with Crippen molar-refractivity contribution in [1.29, 1.82) is 0 Å². The lowest BCUT2D eigenvalue weighted by Gasteiger charge is -2.33. The van der Waals surface area contributed by atoms with Gasteiger partial charge in [0.1, 0.15) is 0 Å². The third kappa shape index (κ3) is 7.65. The fourth-order valence-corrected chi connectivity index (χ4v) is 3.13. The number of amides is 1. The first kappa shape index (κ1) is 24.2. The third-order valence-corrected chi connectivity index (χ3v) is 4.41. The Morgan fingerprint density at radius 1 is 1.25 bits per heavy atom. The number of hydrogen-bond acceptors (Lipinski definition) is 4. The van der Waals surface area contributed by atoms with Gasteiger partial charge in [-0.25, -0.2) is 4.99 Å². The quantitative estimate of drug-likeness (QED) is 0.271. The van der Waals surface area contributed by atoms with Crippen LogP contribution in [0.1, 0.15) is 39.2 Å². The molecule has 1 aromatic carbocycles. The van der Waals surface area contributed by atoms with Crippen LogP contribution in [0.4, 0.5) is 5.69 Å². The summed E-state index contributed by atoms with van der Waals surface area (Å²) in [6.45, 7) is 8.66. The summed E-state index contributed by atoms with van der Waals surface area (Å²) in [5, 5.41) is 6.12. The molecule has 2 rings (SSSR count). The van der Waals surface area contributed by atoms with Gasteiger partial charge < -0.3 is 20.3 Å². The van der Waals surface area contributed by atoms with Crippen molar-refractivity contribution < 1.29 is 14.3 Å². The number of carbonyl (C=O) groups is 2. The zero-order valence-corrected chi connectivity index (χ0v) is 19.2. The number of guanidine groups is 1. The van der Waals surface area contributed by atoms with E-state index in [1.807, 2.05) is 38.1 Å². The van der Waals surface area contributed by atoms with E-state index in [0.29, 0.717) is 13.2 Å². The van der Waals surface area contributed by atoms with Gasteiger partial charge >= 0.3 is 5.97 Å². The van der Waals surface area contributed by atoms with E-state index in [1.54, 1.807) is 0 Å². The van der Waals surface area contributed by atoms with Gasteiger partial charge in [-0.15, -0.1) is 24.0 Å². The molecule has 2 N–H and O–H groups in total. The van der Waals surface area contributed by atoms with Crippen LogP contribution in [0.3, 0.4) is 0 Å². The number of piperidine rings is 1. The van der Waals surface area contributed by atoms with E-state index >= 15 is 0 Å². The van der Waals surface area contributed by atoms with Crippen LogP contribution in [0.25, 0.3) is 0 Å². The van der Waals surface area contributed by atoms with E-state index in [2.05, 4.69) is 15.5 Å². The molecule has 0 bridgehead atoms. The summed E-state index contributed by atoms with van der Waals surface area (Å²) in [7, 11) is 0. The largest absolute Gasteiger partial charge is 0.466 e. The van der Waals surface area contributed by atoms with Gasteiger partial charge in [0.25, 0.3) is 0 Å². The average molecular weight is 502 g/mol. The summed E-state index contributed by atoms with van der Waals surface area (Å²) < 4.78 is 5.14. The molecule has 1 saturated heterocycles. The van der Waals surface area contributed by atoms with E-state index in [0.717, 1.165) is 49.7 Å². The maximum absolute atomic E-state index is 11.9. The smallest absolute Gasteiger partial charge is 0.309 e. The van der Waals surface area contributed by atoms with Crippen molar-refractivity contribution in [3.63, 3.8) is 0 Å². The summed E-state index contributed by atoms with van der Waals surface area (Å²) >= 11 is 0. The number of halogens is 1.